The lowest BCUT2D eigenvalue weighted by Crippen LogP contribution is -2.29. The molecule has 0 spiro atoms. The van der Waals surface area contributed by atoms with Crippen LogP contribution in [0, 0.1) is 0 Å². The van der Waals surface area contributed by atoms with Crippen molar-refractivity contribution in [3.63, 3.8) is 0 Å². The van der Waals surface area contributed by atoms with Gasteiger partial charge < -0.3 is 5.11 Å². The molecule has 0 aromatic carbocycles. The van der Waals surface area contributed by atoms with Gasteiger partial charge in [0.2, 0.25) is 0 Å². The van der Waals surface area contributed by atoms with Crippen molar-refractivity contribution in [3.8, 4) is 0 Å². The summed E-state index contributed by atoms with van der Waals surface area (Å²) in [4.78, 5) is 21.4. The summed E-state index contributed by atoms with van der Waals surface area (Å²) in [5.74, 6) is -0.0443. The molecule has 1 N–H and O–H groups in total. The van der Waals surface area contributed by atoms with Crippen molar-refractivity contribution < 1.29 is 9.90 Å². The highest BCUT2D eigenvalue weighted by atomic mass is 16.3. The van der Waals surface area contributed by atoms with E-state index in [1.54, 1.807) is 0 Å². The number of hydrogen-bond acceptors (Lipinski definition) is 5. The molecular formula is C10H13N3O2. The zero-order chi connectivity index (χ0) is 10.7. The molecule has 5 nitrogen and oxygen atoms in total. The number of rotatable bonds is 3. The maximum atomic E-state index is 11.7. The molecule has 80 valence electrons. The van der Waals surface area contributed by atoms with E-state index in [9.17, 15) is 9.90 Å². The third kappa shape index (κ3) is 2.57. The summed E-state index contributed by atoms with van der Waals surface area (Å²) in [6.45, 7) is 1.66. The highest BCUT2D eigenvalue weighted by Gasteiger charge is 2.22. The standard InChI is InChI=1S/C10H13N3O2/c14-8-1-4-13(6-8)7-10(15)9-5-11-2-3-12-9/h2-3,5,8,14H,1,4,6-7H2. The number of β-amino-alcohol motifs (C(OH)–C–C–N with tert-alkyl or cyclic N) is 1. The molecule has 2 rings (SSSR count). The van der Waals surface area contributed by atoms with Gasteiger partial charge in [0.1, 0.15) is 5.69 Å². The molecule has 1 aromatic heterocycles. The molecule has 1 saturated heterocycles. The van der Waals surface area contributed by atoms with Crippen molar-refractivity contribution >= 4 is 5.78 Å². The normalized spacial score (nSPS) is 21.8. The first kappa shape index (κ1) is 10.2. The van der Waals surface area contributed by atoms with Crippen LogP contribution in [-0.4, -0.2) is 51.5 Å². The molecule has 1 aromatic rings. The average molecular weight is 207 g/mol. The lowest BCUT2D eigenvalue weighted by Gasteiger charge is -2.12. The molecule has 1 fully saturated rings. The highest BCUT2D eigenvalue weighted by Crippen LogP contribution is 2.09. The lowest BCUT2D eigenvalue weighted by molar-refractivity contribution is 0.0929. The van der Waals surface area contributed by atoms with Crippen molar-refractivity contribution in [2.45, 2.75) is 12.5 Å². The van der Waals surface area contributed by atoms with Gasteiger partial charge in [0.25, 0.3) is 0 Å². The van der Waals surface area contributed by atoms with Crippen LogP contribution >= 0.6 is 0 Å². The Hall–Kier alpha value is -1.33. The Morgan fingerprint density at radius 2 is 2.47 bits per heavy atom. The predicted molar refractivity (Wildman–Crippen MR) is 53.4 cm³/mol. The van der Waals surface area contributed by atoms with E-state index < -0.39 is 0 Å². The van der Waals surface area contributed by atoms with E-state index in [0.717, 1.165) is 13.0 Å². The maximum absolute atomic E-state index is 11.7. The summed E-state index contributed by atoms with van der Waals surface area (Å²) in [5, 5.41) is 9.30. The molecule has 5 heteroatoms. The number of hydrogen-bond donors (Lipinski definition) is 1. The third-order valence-corrected chi connectivity index (χ3v) is 2.46. The molecule has 1 unspecified atom stereocenters. The van der Waals surface area contributed by atoms with Crippen LogP contribution in [0.3, 0.4) is 0 Å². The van der Waals surface area contributed by atoms with Crippen LogP contribution in [0.15, 0.2) is 18.6 Å². The number of Topliss-reactive ketones (excluding diaryl/α,β-unsaturated/α-hetero) is 1. The van der Waals surface area contributed by atoms with Crippen molar-refractivity contribution in [1.82, 2.24) is 14.9 Å². The van der Waals surface area contributed by atoms with E-state index in [1.807, 2.05) is 4.90 Å². The van der Waals surface area contributed by atoms with E-state index in [2.05, 4.69) is 9.97 Å². The van der Waals surface area contributed by atoms with Crippen LogP contribution in [0.25, 0.3) is 0 Å². The van der Waals surface area contributed by atoms with Crippen molar-refractivity contribution in [2.75, 3.05) is 19.6 Å². The summed E-state index contributed by atoms with van der Waals surface area (Å²) in [7, 11) is 0. The van der Waals surface area contributed by atoms with Crippen LogP contribution in [0.2, 0.25) is 0 Å². The highest BCUT2D eigenvalue weighted by molar-refractivity contribution is 5.95. The Kier molecular flexibility index (Phi) is 3.03. The first-order chi connectivity index (χ1) is 7.25. The van der Waals surface area contributed by atoms with Crippen molar-refractivity contribution in [1.29, 1.82) is 0 Å². The second-order valence-corrected chi connectivity index (χ2v) is 3.69. The van der Waals surface area contributed by atoms with Gasteiger partial charge in [0.05, 0.1) is 18.8 Å². The Morgan fingerprint density at radius 1 is 1.60 bits per heavy atom. The molecule has 15 heavy (non-hydrogen) atoms. The number of aliphatic hydroxyl groups excluding tert-OH is 1. The molecule has 0 amide bonds. The number of ketones is 1. The minimum atomic E-state index is -0.292. The molecule has 0 saturated carbocycles. The minimum Gasteiger partial charge on any atom is -0.392 e. The monoisotopic (exact) mass is 207 g/mol. The average Bonchev–Trinajstić information content (AvgIpc) is 2.65. The first-order valence-electron chi connectivity index (χ1n) is 4.95. The smallest absolute Gasteiger partial charge is 0.196 e. The molecule has 0 radical (unpaired) electrons. The molecular weight excluding hydrogens is 194 g/mol. The Bertz CT molecular complexity index is 342. The van der Waals surface area contributed by atoms with Gasteiger partial charge in [-0.25, -0.2) is 4.98 Å². The zero-order valence-electron chi connectivity index (χ0n) is 8.33. The fourth-order valence-corrected chi connectivity index (χ4v) is 1.68. The van der Waals surface area contributed by atoms with Gasteiger partial charge in [0.15, 0.2) is 5.78 Å². The van der Waals surface area contributed by atoms with Gasteiger partial charge in [-0.3, -0.25) is 14.7 Å². The number of nitrogens with zero attached hydrogens (tertiary/aromatic N) is 3. The first-order valence-corrected chi connectivity index (χ1v) is 4.95. The van der Waals surface area contributed by atoms with Gasteiger partial charge in [0, 0.05) is 25.5 Å². The molecule has 0 bridgehead atoms. The second kappa shape index (κ2) is 4.46. The topological polar surface area (TPSA) is 66.3 Å². The quantitative estimate of drug-likeness (QED) is 0.691. The summed E-state index contributed by atoms with van der Waals surface area (Å²) in [6, 6.07) is 0. The number of aliphatic hydroxyl groups is 1. The fourth-order valence-electron chi connectivity index (χ4n) is 1.68. The molecule has 1 atom stereocenters. The van der Waals surface area contributed by atoms with Gasteiger partial charge in [-0.15, -0.1) is 0 Å². The third-order valence-electron chi connectivity index (χ3n) is 2.46. The predicted octanol–water partition coefficient (Wildman–Crippen LogP) is -0.274. The number of aromatic nitrogens is 2. The van der Waals surface area contributed by atoms with Gasteiger partial charge in [-0.2, -0.15) is 0 Å². The molecule has 1 aliphatic heterocycles. The van der Waals surface area contributed by atoms with Gasteiger partial charge in [-0.05, 0) is 6.42 Å². The van der Waals surface area contributed by atoms with Crippen LogP contribution in [0.1, 0.15) is 16.9 Å². The lowest BCUT2D eigenvalue weighted by atomic mass is 10.3. The van der Waals surface area contributed by atoms with Crippen LogP contribution < -0.4 is 0 Å². The van der Waals surface area contributed by atoms with Crippen molar-refractivity contribution in [2.24, 2.45) is 0 Å². The molecule has 0 aliphatic carbocycles. The van der Waals surface area contributed by atoms with Crippen LogP contribution in [0.4, 0.5) is 0 Å². The van der Waals surface area contributed by atoms with E-state index in [4.69, 9.17) is 0 Å². The summed E-state index contributed by atoms with van der Waals surface area (Å²) < 4.78 is 0. The minimum absolute atomic E-state index is 0.0443. The van der Waals surface area contributed by atoms with Crippen molar-refractivity contribution in [3.05, 3.63) is 24.3 Å². The fraction of sp³-hybridized carbons (Fsp3) is 0.500. The summed E-state index contributed by atoms with van der Waals surface area (Å²) >= 11 is 0. The zero-order valence-corrected chi connectivity index (χ0v) is 8.33. The van der Waals surface area contributed by atoms with E-state index in [-0.39, 0.29) is 11.9 Å². The number of carbonyl (C=O) groups is 1. The van der Waals surface area contributed by atoms with E-state index in [1.165, 1.54) is 18.6 Å². The second-order valence-electron chi connectivity index (χ2n) is 3.69. The van der Waals surface area contributed by atoms with Gasteiger partial charge in [-0.1, -0.05) is 0 Å². The molecule has 1 aliphatic rings. The largest absolute Gasteiger partial charge is 0.392 e. The Labute approximate surface area is 87.8 Å². The maximum Gasteiger partial charge on any atom is 0.196 e. The SMILES string of the molecule is O=C(CN1CCC(O)C1)c1cnccn1. The van der Waals surface area contributed by atoms with Crippen LogP contribution in [0.5, 0.6) is 0 Å². The summed E-state index contributed by atoms with van der Waals surface area (Å²) in [6.07, 6.45) is 4.96. The van der Waals surface area contributed by atoms with Crippen LogP contribution in [-0.2, 0) is 0 Å². The summed E-state index contributed by atoms with van der Waals surface area (Å²) in [5.41, 5.74) is 0.388. The van der Waals surface area contributed by atoms with E-state index >= 15 is 0 Å². The Balaban J connectivity index is 1.93. The van der Waals surface area contributed by atoms with E-state index in [0.29, 0.717) is 18.8 Å². The number of likely N-dealkylation sites (tertiary alicyclic amines) is 1. The van der Waals surface area contributed by atoms with Gasteiger partial charge >= 0.3 is 0 Å². The Morgan fingerprint density at radius 3 is 3.07 bits per heavy atom. The number of carbonyl (C=O) groups excluding carboxylic acids is 1. The molecule has 2 heterocycles.